The molecule has 0 spiro atoms. The molecule has 1 N–H and O–H groups in total. The van der Waals surface area contributed by atoms with Gasteiger partial charge in [0.15, 0.2) is 5.78 Å². The van der Waals surface area contributed by atoms with Crippen molar-refractivity contribution in [3.8, 4) is 0 Å². The molecule has 4 heteroatoms. The summed E-state index contributed by atoms with van der Waals surface area (Å²) in [7, 11) is 1.84. The minimum atomic E-state index is 0.00409. The first-order valence-corrected chi connectivity index (χ1v) is 6.79. The lowest BCUT2D eigenvalue weighted by atomic mass is 10.1. The second-order valence-corrected chi connectivity index (χ2v) is 4.98. The van der Waals surface area contributed by atoms with Crippen LogP contribution in [-0.2, 0) is 0 Å². The van der Waals surface area contributed by atoms with Crippen molar-refractivity contribution in [2.75, 3.05) is 26.5 Å². The third kappa shape index (κ3) is 4.15. The number of hydrogen-bond acceptors (Lipinski definition) is 4. The number of aliphatic hydroxyl groups is 1. The van der Waals surface area contributed by atoms with Gasteiger partial charge in [-0.3, -0.25) is 9.69 Å². The minimum absolute atomic E-state index is 0.00409. The van der Waals surface area contributed by atoms with Gasteiger partial charge in [0.05, 0.1) is 13.2 Å². The van der Waals surface area contributed by atoms with Gasteiger partial charge in [-0.1, -0.05) is 12.1 Å². The first-order chi connectivity index (χ1) is 8.08. The van der Waals surface area contributed by atoms with Crippen LogP contribution in [0, 0.1) is 0 Å². The molecule has 1 unspecified atom stereocenters. The summed E-state index contributed by atoms with van der Waals surface area (Å²) in [6, 6.07) is 7.61. The molecule has 0 saturated carbocycles. The van der Waals surface area contributed by atoms with E-state index in [4.69, 9.17) is 5.11 Å². The summed E-state index contributed by atoms with van der Waals surface area (Å²) in [4.78, 5) is 14.9. The van der Waals surface area contributed by atoms with Gasteiger partial charge >= 0.3 is 0 Å². The standard InChI is InChI=1S/C13H19NO2S/c1-10(9-15)14(2)8-13(16)11-4-6-12(17-3)7-5-11/h4-7,10,15H,8-9H2,1-3H3. The maximum Gasteiger partial charge on any atom is 0.176 e. The summed E-state index contributed by atoms with van der Waals surface area (Å²) in [6.45, 7) is 2.29. The van der Waals surface area contributed by atoms with Crippen LogP contribution in [-0.4, -0.2) is 48.3 Å². The molecule has 0 saturated heterocycles. The van der Waals surface area contributed by atoms with E-state index in [1.54, 1.807) is 11.8 Å². The van der Waals surface area contributed by atoms with E-state index < -0.39 is 0 Å². The van der Waals surface area contributed by atoms with E-state index in [2.05, 4.69) is 0 Å². The molecular formula is C13H19NO2S. The number of hydrogen-bond donors (Lipinski definition) is 1. The Morgan fingerprint density at radius 2 is 2.00 bits per heavy atom. The Hall–Kier alpha value is -0.840. The molecule has 0 radical (unpaired) electrons. The van der Waals surface area contributed by atoms with Crippen molar-refractivity contribution in [1.82, 2.24) is 4.90 Å². The summed E-state index contributed by atoms with van der Waals surface area (Å²) in [5.41, 5.74) is 0.722. The van der Waals surface area contributed by atoms with Crippen molar-refractivity contribution in [2.24, 2.45) is 0 Å². The van der Waals surface area contributed by atoms with Gasteiger partial charge in [-0.05, 0) is 32.4 Å². The molecule has 0 heterocycles. The predicted octanol–water partition coefficient (Wildman–Crippen LogP) is 1.90. The Bertz CT molecular complexity index is 364. The van der Waals surface area contributed by atoms with Crippen LogP contribution in [0.2, 0.25) is 0 Å². The van der Waals surface area contributed by atoms with E-state index in [0.717, 1.165) is 10.5 Å². The molecule has 1 atom stereocenters. The molecule has 0 aliphatic rings. The highest BCUT2D eigenvalue weighted by Gasteiger charge is 2.13. The van der Waals surface area contributed by atoms with Crippen LogP contribution in [0.25, 0.3) is 0 Å². The highest BCUT2D eigenvalue weighted by Crippen LogP contribution is 2.15. The van der Waals surface area contributed by atoms with Gasteiger partial charge in [0.2, 0.25) is 0 Å². The number of ketones is 1. The third-order valence-corrected chi connectivity index (χ3v) is 3.57. The van der Waals surface area contributed by atoms with Gasteiger partial charge in [0.25, 0.3) is 0 Å². The Labute approximate surface area is 107 Å². The van der Waals surface area contributed by atoms with Crippen molar-refractivity contribution < 1.29 is 9.90 Å². The summed E-state index contributed by atoms with van der Waals surface area (Å²) in [5.74, 6) is 0.0838. The number of aliphatic hydroxyl groups excluding tert-OH is 1. The average Bonchev–Trinajstić information content (AvgIpc) is 2.37. The van der Waals surface area contributed by atoms with E-state index in [9.17, 15) is 4.79 Å². The summed E-state index contributed by atoms with van der Waals surface area (Å²) in [5, 5.41) is 9.00. The second-order valence-electron chi connectivity index (χ2n) is 4.10. The van der Waals surface area contributed by atoms with Crippen LogP contribution in [0.15, 0.2) is 29.2 Å². The van der Waals surface area contributed by atoms with Crippen LogP contribution in [0.1, 0.15) is 17.3 Å². The molecule has 3 nitrogen and oxygen atoms in total. The molecular weight excluding hydrogens is 234 g/mol. The third-order valence-electron chi connectivity index (χ3n) is 2.82. The topological polar surface area (TPSA) is 40.5 Å². The highest BCUT2D eigenvalue weighted by atomic mass is 32.2. The molecule has 1 rings (SSSR count). The lowest BCUT2D eigenvalue weighted by molar-refractivity contribution is 0.0890. The Morgan fingerprint density at radius 3 is 2.47 bits per heavy atom. The van der Waals surface area contributed by atoms with Crippen molar-refractivity contribution in [3.05, 3.63) is 29.8 Å². The van der Waals surface area contributed by atoms with Crippen molar-refractivity contribution in [3.63, 3.8) is 0 Å². The quantitative estimate of drug-likeness (QED) is 0.621. The Morgan fingerprint density at radius 1 is 1.41 bits per heavy atom. The van der Waals surface area contributed by atoms with Crippen LogP contribution < -0.4 is 0 Å². The van der Waals surface area contributed by atoms with Crippen molar-refractivity contribution >= 4 is 17.5 Å². The molecule has 17 heavy (non-hydrogen) atoms. The summed E-state index contributed by atoms with van der Waals surface area (Å²) < 4.78 is 0. The number of carbonyl (C=O) groups excluding carboxylic acids is 1. The average molecular weight is 253 g/mol. The Kier molecular flexibility index (Phi) is 5.68. The smallest absolute Gasteiger partial charge is 0.176 e. The van der Waals surface area contributed by atoms with E-state index in [0.29, 0.717) is 6.54 Å². The van der Waals surface area contributed by atoms with Crippen molar-refractivity contribution in [2.45, 2.75) is 17.9 Å². The van der Waals surface area contributed by atoms with E-state index >= 15 is 0 Å². The lowest BCUT2D eigenvalue weighted by Crippen LogP contribution is -2.36. The fraction of sp³-hybridized carbons (Fsp3) is 0.462. The predicted molar refractivity (Wildman–Crippen MR) is 71.7 cm³/mol. The number of nitrogens with zero attached hydrogens (tertiary/aromatic N) is 1. The minimum Gasteiger partial charge on any atom is -0.395 e. The van der Waals surface area contributed by atoms with Gasteiger partial charge in [-0.25, -0.2) is 0 Å². The fourth-order valence-corrected chi connectivity index (χ4v) is 1.80. The largest absolute Gasteiger partial charge is 0.395 e. The van der Waals surface area contributed by atoms with E-state index in [1.807, 2.05) is 49.4 Å². The molecule has 1 aromatic carbocycles. The number of Topliss-reactive ketones (excluding diaryl/α,β-unsaturated/α-hetero) is 1. The first-order valence-electron chi connectivity index (χ1n) is 5.56. The summed E-state index contributed by atoms with van der Waals surface area (Å²) >= 11 is 1.66. The van der Waals surface area contributed by atoms with E-state index in [1.165, 1.54) is 0 Å². The fourth-order valence-electron chi connectivity index (χ4n) is 1.39. The van der Waals surface area contributed by atoms with Gasteiger partial charge < -0.3 is 5.11 Å². The van der Waals surface area contributed by atoms with E-state index in [-0.39, 0.29) is 18.4 Å². The number of thioether (sulfide) groups is 1. The molecule has 94 valence electrons. The molecule has 0 bridgehead atoms. The normalized spacial score (nSPS) is 12.8. The molecule has 0 aliphatic heterocycles. The number of carbonyl (C=O) groups is 1. The molecule has 0 aliphatic carbocycles. The molecule has 1 aromatic rings. The maximum absolute atomic E-state index is 11.9. The SMILES string of the molecule is CSc1ccc(C(=O)CN(C)C(C)CO)cc1. The van der Waals surface area contributed by atoms with Gasteiger partial charge in [-0.15, -0.1) is 11.8 Å². The van der Waals surface area contributed by atoms with Crippen LogP contribution >= 0.6 is 11.8 Å². The number of rotatable bonds is 6. The molecule has 0 aromatic heterocycles. The monoisotopic (exact) mass is 253 g/mol. The summed E-state index contributed by atoms with van der Waals surface area (Å²) in [6.07, 6.45) is 2.01. The zero-order chi connectivity index (χ0) is 12.8. The number of benzene rings is 1. The lowest BCUT2D eigenvalue weighted by Gasteiger charge is -2.21. The van der Waals surface area contributed by atoms with Crippen molar-refractivity contribution in [1.29, 1.82) is 0 Å². The van der Waals surface area contributed by atoms with Crippen LogP contribution in [0.5, 0.6) is 0 Å². The maximum atomic E-state index is 11.9. The zero-order valence-corrected chi connectivity index (χ0v) is 11.3. The highest BCUT2D eigenvalue weighted by molar-refractivity contribution is 7.98. The van der Waals surface area contributed by atoms with Crippen LogP contribution in [0.3, 0.4) is 0 Å². The second kappa shape index (κ2) is 6.79. The van der Waals surface area contributed by atoms with Crippen LogP contribution in [0.4, 0.5) is 0 Å². The van der Waals surface area contributed by atoms with Gasteiger partial charge in [0, 0.05) is 16.5 Å². The van der Waals surface area contributed by atoms with Gasteiger partial charge in [0.1, 0.15) is 0 Å². The van der Waals surface area contributed by atoms with Gasteiger partial charge in [-0.2, -0.15) is 0 Å². The zero-order valence-electron chi connectivity index (χ0n) is 10.5. The Balaban J connectivity index is 2.63. The molecule has 0 amide bonds. The number of likely N-dealkylation sites (N-methyl/N-ethyl adjacent to an activating group) is 1. The molecule has 0 fully saturated rings. The first kappa shape index (κ1) is 14.2.